The van der Waals surface area contributed by atoms with Gasteiger partial charge in [0.15, 0.2) is 16.5 Å². The molecule has 6 nitrogen and oxygen atoms in total. The molecule has 0 saturated carbocycles. The summed E-state index contributed by atoms with van der Waals surface area (Å²) in [7, 11) is 0. The zero-order valence-corrected chi connectivity index (χ0v) is 22.6. The van der Waals surface area contributed by atoms with Gasteiger partial charge in [0.05, 0.1) is 18.6 Å². The number of nitriles is 2. The molecule has 2 aliphatic heterocycles. The summed E-state index contributed by atoms with van der Waals surface area (Å²) in [6.45, 7) is 1.77. The van der Waals surface area contributed by atoms with Gasteiger partial charge in [-0.15, -0.1) is 0 Å². The van der Waals surface area contributed by atoms with E-state index < -0.39 is 0 Å². The number of fused-ring (bicyclic) bond motifs is 2. The molecule has 1 saturated heterocycles. The van der Waals surface area contributed by atoms with E-state index in [2.05, 4.69) is 81.0 Å². The molecule has 180 valence electrons. The van der Waals surface area contributed by atoms with Crippen LogP contribution in [0.5, 0.6) is 0 Å². The predicted molar refractivity (Wildman–Crippen MR) is 150 cm³/mol. The second kappa shape index (κ2) is 13.0. The van der Waals surface area contributed by atoms with Gasteiger partial charge < -0.3 is 5.32 Å². The van der Waals surface area contributed by atoms with Crippen LogP contribution in [0, 0.1) is 21.7 Å². The number of aliphatic imine (C=N–C) groups is 2. The fourth-order valence-electron chi connectivity index (χ4n) is 4.68. The molecule has 0 bridgehead atoms. The molecule has 2 aromatic rings. The lowest BCUT2D eigenvalue weighted by atomic mass is 10.1. The Hall–Kier alpha value is -2.46. The summed E-state index contributed by atoms with van der Waals surface area (Å²) in [5.41, 5.74) is 5.71. The first-order valence-corrected chi connectivity index (χ1v) is 14.5. The van der Waals surface area contributed by atoms with Crippen molar-refractivity contribution in [1.29, 1.82) is 10.5 Å². The van der Waals surface area contributed by atoms with Gasteiger partial charge in [0.2, 0.25) is 0 Å². The molecule has 0 spiro atoms. The molecule has 2 atom stereocenters. The van der Waals surface area contributed by atoms with Crippen LogP contribution in [0.15, 0.2) is 58.5 Å². The Morgan fingerprint density at radius 3 is 2.37 bits per heavy atom. The van der Waals surface area contributed by atoms with Crippen molar-refractivity contribution < 1.29 is 0 Å². The van der Waals surface area contributed by atoms with Gasteiger partial charge in [-0.05, 0) is 47.9 Å². The minimum atomic E-state index is 0.252. The fourth-order valence-corrected chi connectivity index (χ4v) is 6.41. The van der Waals surface area contributed by atoms with Gasteiger partial charge >= 0.3 is 0 Å². The van der Waals surface area contributed by atoms with E-state index in [1.165, 1.54) is 35.1 Å². The third kappa shape index (κ3) is 6.61. The van der Waals surface area contributed by atoms with Gasteiger partial charge in [0.1, 0.15) is 4.98 Å². The summed E-state index contributed by atoms with van der Waals surface area (Å²) < 4.78 is 0. The van der Waals surface area contributed by atoms with Crippen molar-refractivity contribution in [3.05, 3.63) is 70.8 Å². The number of benzene rings is 2. The molecule has 9 heteroatoms. The number of thioether (sulfide) groups is 2. The summed E-state index contributed by atoms with van der Waals surface area (Å²) in [4.78, 5) is 12.5. The first kappa shape index (κ1) is 25.6. The predicted octanol–water partition coefficient (Wildman–Crippen LogP) is 5.79. The second-order valence-electron chi connectivity index (χ2n) is 8.32. The first-order chi connectivity index (χ1) is 17.2. The number of amidine groups is 2. The van der Waals surface area contributed by atoms with Crippen molar-refractivity contribution in [3.63, 3.8) is 0 Å². The molecule has 4 aliphatic rings. The smallest absolute Gasteiger partial charge is 0.185 e. The Balaban J connectivity index is 0.000000150. The lowest BCUT2D eigenvalue weighted by molar-refractivity contribution is 0.621. The molecule has 1 N–H and O–H groups in total. The van der Waals surface area contributed by atoms with Gasteiger partial charge in [0.25, 0.3) is 0 Å². The van der Waals surface area contributed by atoms with Crippen molar-refractivity contribution in [1.82, 2.24) is 10.2 Å². The molecule has 35 heavy (non-hydrogen) atoms. The van der Waals surface area contributed by atoms with Crippen LogP contribution in [-0.4, -0.2) is 39.8 Å². The minimum Gasteiger partial charge on any atom is -0.358 e. The maximum absolute atomic E-state index is 8.99. The zero-order chi connectivity index (χ0) is 24.5. The molecule has 2 unspecified atom stereocenters. The number of hydrogen-bond acceptors (Lipinski definition) is 7. The van der Waals surface area contributed by atoms with Crippen molar-refractivity contribution in [2.75, 3.05) is 24.6 Å². The number of nitrogens with one attached hydrogen (secondary N) is 1. The van der Waals surface area contributed by atoms with Crippen LogP contribution in [0.4, 0.5) is 0 Å². The first-order valence-electron chi connectivity index (χ1n) is 11.7. The maximum atomic E-state index is 8.99. The molecule has 2 heterocycles. The summed E-state index contributed by atoms with van der Waals surface area (Å²) in [6.07, 6.45) is 6.78. The summed E-state index contributed by atoms with van der Waals surface area (Å²) in [6, 6.07) is 18.0. The fraction of sp³-hybridized carbons (Fsp3) is 0.385. The quantitative estimate of drug-likeness (QED) is 0.463. The zero-order valence-electron chi connectivity index (χ0n) is 19.4. The average Bonchev–Trinajstić information content (AvgIpc) is 3.69. The summed E-state index contributed by atoms with van der Waals surface area (Å²) in [5.74, 6) is 2.11. The van der Waals surface area contributed by atoms with E-state index in [-0.39, 0.29) is 6.04 Å². The van der Waals surface area contributed by atoms with Crippen molar-refractivity contribution >= 4 is 49.8 Å². The van der Waals surface area contributed by atoms with E-state index in [0.29, 0.717) is 6.04 Å². The number of aryl methyl sites for hydroxylation is 2. The van der Waals surface area contributed by atoms with Crippen LogP contribution >= 0.6 is 39.5 Å². The highest BCUT2D eigenvalue weighted by Gasteiger charge is 2.26. The van der Waals surface area contributed by atoms with E-state index in [1.807, 2.05) is 11.8 Å². The van der Waals surface area contributed by atoms with E-state index in [0.717, 1.165) is 47.8 Å². The topological polar surface area (TPSA) is 87.6 Å². The van der Waals surface area contributed by atoms with Crippen LogP contribution < -0.4 is 5.32 Å². The average molecular weight is 568 g/mol. The van der Waals surface area contributed by atoms with E-state index in [4.69, 9.17) is 15.5 Å². The van der Waals surface area contributed by atoms with Crippen LogP contribution in [0.1, 0.15) is 47.2 Å². The summed E-state index contributed by atoms with van der Waals surface area (Å²) >= 11 is 5.98. The monoisotopic (exact) mass is 566 g/mol. The van der Waals surface area contributed by atoms with Crippen LogP contribution in [0.2, 0.25) is 0 Å². The molecule has 2 aromatic carbocycles. The maximum Gasteiger partial charge on any atom is 0.185 e. The SMILES string of the molecule is N#CBr.N#CN1CCSC1=NC1CCc2ccccc21.c1ccc2c(c1)CCC2NC1=NCCS1. The van der Waals surface area contributed by atoms with Crippen LogP contribution in [0.25, 0.3) is 0 Å². The van der Waals surface area contributed by atoms with Crippen LogP contribution in [0.3, 0.4) is 0 Å². The minimum absolute atomic E-state index is 0.252. The number of halogens is 1. The van der Waals surface area contributed by atoms with Crippen molar-refractivity contribution in [2.24, 2.45) is 9.98 Å². The Kier molecular flexibility index (Phi) is 9.53. The lowest BCUT2D eigenvalue weighted by Crippen LogP contribution is -2.23. The third-order valence-electron chi connectivity index (χ3n) is 6.28. The van der Waals surface area contributed by atoms with Crippen LogP contribution in [-0.2, 0) is 12.8 Å². The van der Waals surface area contributed by atoms with Gasteiger partial charge in [-0.2, -0.15) is 10.5 Å². The van der Waals surface area contributed by atoms with Gasteiger partial charge in [-0.1, -0.05) is 72.1 Å². The van der Waals surface area contributed by atoms with E-state index >= 15 is 0 Å². The highest BCUT2D eigenvalue weighted by Crippen LogP contribution is 2.35. The largest absolute Gasteiger partial charge is 0.358 e. The van der Waals surface area contributed by atoms with Gasteiger partial charge in [-0.3, -0.25) is 14.9 Å². The Morgan fingerprint density at radius 1 is 0.971 bits per heavy atom. The normalized spacial score (nSPS) is 22.5. The van der Waals surface area contributed by atoms with Crippen molar-refractivity contribution in [3.8, 4) is 11.2 Å². The number of rotatable bonds is 2. The molecule has 6 rings (SSSR count). The Labute approximate surface area is 224 Å². The summed E-state index contributed by atoms with van der Waals surface area (Å²) in [5, 5.41) is 21.8. The lowest BCUT2D eigenvalue weighted by Gasteiger charge is -2.14. The highest BCUT2D eigenvalue weighted by atomic mass is 79.9. The molecular weight excluding hydrogens is 540 g/mol. The van der Waals surface area contributed by atoms with E-state index in [1.54, 1.807) is 21.6 Å². The molecule has 0 radical (unpaired) electrons. The Morgan fingerprint density at radius 2 is 1.66 bits per heavy atom. The number of hydrogen-bond donors (Lipinski definition) is 1. The molecule has 0 aromatic heterocycles. The highest BCUT2D eigenvalue weighted by molar-refractivity contribution is 9.12. The van der Waals surface area contributed by atoms with Gasteiger partial charge in [-0.25, -0.2) is 0 Å². The molecule has 2 aliphatic carbocycles. The number of nitrogens with zero attached hydrogens (tertiary/aromatic N) is 5. The molecular formula is C26H27BrN6S2. The van der Waals surface area contributed by atoms with Crippen molar-refractivity contribution in [2.45, 2.75) is 37.8 Å². The standard InChI is InChI=1S/C13H13N3S.C12H14N2S.CBrN/c14-9-16-7-8-17-13(16)15-12-6-5-10-3-1-2-4-11(10)12;1-2-4-10-9(3-1)5-6-11(10)14-12-13-7-8-15-12;2-1-3/h1-4,12H,5-8H2;1-4,11H,5-8H2,(H,13,14);. The molecule has 1 fully saturated rings. The molecule has 0 amide bonds. The second-order valence-corrected chi connectivity index (χ2v) is 10.8. The Bertz CT molecular complexity index is 1170. The van der Waals surface area contributed by atoms with Gasteiger partial charge in [0, 0.05) is 34.0 Å². The van der Waals surface area contributed by atoms with E-state index in [9.17, 15) is 0 Å². The third-order valence-corrected chi connectivity index (χ3v) is 8.16.